The van der Waals surface area contributed by atoms with Crippen LogP contribution in [0.1, 0.15) is 34.8 Å². The summed E-state index contributed by atoms with van der Waals surface area (Å²) < 4.78 is 0.941. The molecule has 2 rings (SSSR count). The van der Waals surface area contributed by atoms with E-state index in [4.69, 9.17) is 0 Å². The SMILES string of the molecule is CC/C(=N\NC(=O)c1ccc(Br)cc1)c1ccc(C)cc1. The van der Waals surface area contributed by atoms with Gasteiger partial charge in [-0.25, -0.2) is 5.43 Å². The lowest BCUT2D eigenvalue weighted by Gasteiger charge is -2.06. The monoisotopic (exact) mass is 344 g/mol. The van der Waals surface area contributed by atoms with Crippen LogP contribution < -0.4 is 5.43 Å². The molecule has 0 fully saturated rings. The number of carbonyl (C=O) groups excluding carboxylic acids is 1. The summed E-state index contributed by atoms with van der Waals surface area (Å²) in [6, 6.07) is 15.3. The fourth-order valence-electron chi connectivity index (χ4n) is 1.88. The highest BCUT2D eigenvalue weighted by atomic mass is 79.9. The summed E-state index contributed by atoms with van der Waals surface area (Å²) in [5.41, 5.74) is 6.29. The van der Waals surface area contributed by atoms with E-state index in [1.807, 2.05) is 50.2 Å². The molecule has 0 spiro atoms. The molecule has 0 saturated heterocycles. The molecule has 4 heteroatoms. The van der Waals surface area contributed by atoms with Crippen molar-refractivity contribution in [3.8, 4) is 0 Å². The summed E-state index contributed by atoms with van der Waals surface area (Å²) >= 11 is 3.35. The molecule has 21 heavy (non-hydrogen) atoms. The van der Waals surface area contributed by atoms with Crippen LogP contribution in [-0.4, -0.2) is 11.6 Å². The molecule has 0 atom stereocenters. The maximum Gasteiger partial charge on any atom is 0.271 e. The van der Waals surface area contributed by atoms with Crippen molar-refractivity contribution in [2.75, 3.05) is 0 Å². The zero-order valence-corrected chi connectivity index (χ0v) is 13.6. The third-order valence-electron chi connectivity index (χ3n) is 3.12. The van der Waals surface area contributed by atoms with Gasteiger partial charge in [0.15, 0.2) is 0 Å². The van der Waals surface area contributed by atoms with E-state index in [0.717, 1.165) is 22.2 Å². The molecule has 0 aromatic heterocycles. The molecule has 2 aromatic rings. The number of amides is 1. The Morgan fingerprint density at radius 3 is 2.19 bits per heavy atom. The van der Waals surface area contributed by atoms with E-state index in [2.05, 4.69) is 26.5 Å². The van der Waals surface area contributed by atoms with Gasteiger partial charge in [-0.3, -0.25) is 4.79 Å². The number of rotatable bonds is 4. The topological polar surface area (TPSA) is 41.5 Å². The van der Waals surface area contributed by atoms with Gasteiger partial charge in [0.2, 0.25) is 0 Å². The first kappa shape index (κ1) is 15.4. The van der Waals surface area contributed by atoms with Gasteiger partial charge in [-0.05, 0) is 43.2 Å². The average Bonchev–Trinajstić information content (AvgIpc) is 2.50. The van der Waals surface area contributed by atoms with Crippen molar-refractivity contribution in [1.29, 1.82) is 0 Å². The highest BCUT2D eigenvalue weighted by Crippen LogP contribution is 2.11. The van der Waals surface area contributed by atoms with E-state index in [9.17, 15) is 4.79 Å². The van der Waals surface area contributed by atoms with Crippen LogP contribution in [0.2, 0.25) is 0 Å². The molecule has 3 nitrogen and oxygen atoms in total. The number of benzene rings is 2. The van der Waals surface area contributed by atoms with Crippen LogP contribution in [-0.2, 0) is 0 Å². The van der Waals surface area contributed by atoms with Gasteiger partial charge >= 0.3 is 0 Å². The smallest absolute Gasteiger partial charge is 0.267 e. The highest BCUT2D eigenvalue weighted by molar-refractivity contribution is 9.10. The zero-order valence-electron chi connectivity index (χ0n) is 12.1. The first-order valence-corrected chi connectivity index (χ1v) is 7.59. The molecule has 1 N–H and O–H groups in total. The summed E-state index contributed by atoms with van der Waals surface area (Å²) in [4.78, 5) is 12.0. The van der Waals surface area contributed by atoms with Gasteiger partial charge in [0.05, 0.1) is 5.71 Å². The second-order valence-corrected chi connectivity index (χ2v) is 5.64. The van der Waals surface area contributed by atoms with Crippen LogP contribution in [0.4, 0.5) is 0 Å². The van der Waals surface area contributed by atoms with Crippen molar-refractivity contribution in [2.24, 2.45) is 5.10 Å². The minimum absolute atomic E-state index is 0.208. The Labute approximate surface area is 133 Å². The second-order valence-electron chi connectivity index (χ2n) is 4.73. The molecule has 1 amide bonds. The van der Waals surface area contributed by atoms with Crippen molar-refractivity contribution in [2.45, 2.75) is 20.3 Å². The van der Waals surface area contributed by atoms with Crippen LogP contribution >= 0.6 is 15.9 Å². The first-order valence-electron chi connectivity index (χ1n) is 6.79. The van der Waals surface area contributed by atoms with E-state index in [1.54, 1.807) is 12.1 Å². The van der Waals surface area contributed by atoms with Crippen LogP contribution in [0.3, 0.4) is 0 Å². The van der Waals surface area contributed by atoms with Gasteiger partial charge in [-0.1, -0.05) is 52.7 Å². The summed E-state index contributed by atoms with van der Waals surface area (Å²) in [6.07, 6.45) is 0.754. The van der Waals surface area contributed by atoms with Gasteiger partial charge in [0.25, 0.3) is 5.91 Å². The normalized spacial score (nSPS) is 11.3. The second kappa shape index (κ2) is 7.18. The number of hydrogen-bond acceptors (Lipinski definition) is 2. The van der Waals surface area contributed by atoms with Crippen LogP contribution in [0.5, 0.6) is 0 Å². The molecule has 0 unspecified atom stereocenters. The van der Waals surface area contributed by atoms with Crippen LogP contribution in [0, 0.1) is 6.92 Å². The molecule has 0 aliphatic carbocycles. The predicted molar refractivity (Wildman–Crippen MR) is 89.6 cm³/mol. The molecule has 0 radical (unpaired) electrons. The third kappa shape index (κ3) is 4.26. The zero-order chi connectivity index (χ0) is 15.2. The molecule has 0 bridgehead atoms. The standard InChI is InChI=1S/C17H17BrN2O/c1-3-16(13-6-4-12(2)5-7-13)19-20-17(21)14-8-10-15(18)11-9-14/h4-11H,3H2,1-2H3,(H,20,21)/b19-16+. The quantitative estimate of drug-likeness (QED) is 0.651. The largest absolute Gasteiger partial charge is 0.271 e. The maximum absolute atomic E-state index is 12.0. The average molecular weight is 345 g/mol. The van der Waals surface area contributed by atoms with E-state index < -0.39 is 0 Å². The van der Waals surface area contributed by atoms with Crippen LogP contribution in [0.15, 0.2) is 58.1 Å². The summed E-state index contributed by atoms with van der Waals surface area (Å²) in [5, 5.41) is 4.25. The summed E-state index contributed by atoms with van der Waals surface area (Å²) in [6.45, 7) is 4.06. The lowest BCUT2D eigenvalue weighted by atomic mass is 10.1. The minimum atomic E-state index is -0.208. The molecular weight excluding hydrogens is 328 g/mol. The molecule has 0 saturated carbocycles. The Morgan fingerprint density at radius 2 is 1.62 bits per heavy atom. The highest BCUT2D eigenvalue weighted by Gasteiger charge is 2.06. The summed E-state index contributed by atoms with van der Waals surface area (Å²) in [7, 11) is 0. The van der Waals surface area contributed by atoms with Gasteiger partial charge in [0.1, 0.15) is 0 Å². The van der Waals surface area contributed by atoms with Crippen molar-refractivity contribution >= 4 is 27.5 Å². The van der Waals surface area contributed by atoms with Gasteiger partial charge in [-0.2, -0.15) is 5.10 Å². The molecular formula is C17H17BrN2O. The van der Waals surface area contributed by atoms with Crippen molar-refractivity contribution in [1.82, 2.24) is 5.43 Å². The van der Waals surface area contributed by atoms with Gasteiger partial charge < -0.3 is 0 Å². The number of aryl methyl sites for hydroxylation is 1. The fourth-order valence-corrected chi connectivity index (χ4v) is 2.14. The lowest BCUT2D eigenvalue weighted by Crippen LogP contribution is -2.19. The van der Waals surface area contributed by atoms with Crippen molar-refractivity contribution in [3.63, 3.8) is 0 Å². The van der Waals surface area contributed by atoms with Crippen molar-refractivity contribution < 1.29 is 4.79 Å². The number of carbonyl (C=O) groups is 1. The molecule has 0 heterocycles. The Morgan fingerprint density at radius 1 is 1.05 bits per heavy atom. The van der Waals surface area contributed by atoms with E-state index >= 15 is 0 Å². The number of hydrogen-bond donors (Lipinski definition) is 1. The van der Waals surface area contributed by atoms with Gasteiger partial charge in [-0.15, -0.1) is 0 Å². The lowest BCUT2D eigenvalue weighted by molar-refractivity contribution is 0.0955. The first-order chi connectivity index (χ1) is 10.1. The molecule has 2 aromatic carbocycles. The fraction of sp³-hybridized carbons (Fsp3) is 0.176. The Kier molecular flexibility index (Phi) is 5.28. The number of halogens is 1. The van der Waals surface area contributed by atoms with E-state index in [-0.39, 0.29) is 5.91 Å². The predicted octanol–water partition coefficient (Wildman–Crippen LogP) is 4.30. The minimum Gasteiger partial charge on any atom is -0.267 e. The van der Waals surface area contributed by atoms with Crippen molar-refractivity contribution in [3.05, 3.63) is 69.7 Å². The van der Waals surface area contributed by atoms with E-state index in [0.29, 0.717) is 5.56 Å². The molecule has 108 valence electrons. The molecule has 0 aliphatic rings. The Hall–Kier alpha value is -1.94. The Bertz CT molecular complexity index is 645. The Balaban J connectivity index is 2.12. The van der Waals surface area contributed by atoms with Crippen LogP contribution in [0.25, 0.3) is 0 Å². The maximum atomic E-state index is 12.0. The third-order valence-corrected chi connectivity index (χ3v) is 3.65. The summed E-state index contributed by atoms with van der Waals surface area (Å²) in [5.74, 6) is -0.208. The number of hydrazone groups is 1. The number of nitrogens with one attached hydrogen (secondary N) is 1. The molecule has 0 aliphatic heterocycles. The van der Waals surface area contributed by atoms with E-state index in [1.165, 1.54) is 5.56 Å². The number of nitrogens with zero attached hydrogens (tertiary/aromatic N) is 1. The van der Waals surface area contributed by atoms with Gasteiger partial charge in [0, 0.05) is 10.0 Å².